The molecule has 12 heteroatoms. The minimum Gasteiger partial charge on any atom is -0.282 e. The highest BCUT2D eigenvalue weighted by Crippen LogP contribution is 2.30. The van der Waals surface area contributed by atoms with Crippen LogP contribution in [0.3, 0.4) is 0 Å². The summed E-state index contributed by atoms with van der Waals surface area (Å²) >= 11 is 0. The van der Waals surface area contributed by atoms with E-state index >= 15 is 0 Å². The first-order chi connectivity index (χ1) is 7.89. The normalized spacial score (nSPS) is 12.8. The Hall–Kier alpha value is -1.24. The van der Waals surface area contributed by atoms with Gasteiger partial charge in [0.2, 0.25) is 0 Å². The van der Waals surface area contributed by atoms with E-state index in [0.29, 0.717) is 0 Å². The fourth-order valence-electron chi connectivity index (χ4n) is 1.05. The summed E-state index contributed by atoms with van der Waals surface area (Å²) in [6, 6.07) is 0. The van der Waals surface area contributed by atoms with Crippen LogP contribution in [0.15, 0.2) is 9.79 Å². The van der Waals surface area contributed by atoms with Crippen LogP contribution >= 0.6 is 0 Å². The summed E-state index contributed by atoms with van der Waals surface area (Å²) in [6.07, 6.45) is 0. The van der Waals surface area contributed by atoms with Crippen molar-refractivity contribution >= 4 is 20.2 Å². The Morgan fingerprint density at radius 1 is 0.611 bits per heavy atom. The molecule has 1 aromatic carbocycles. The third-order valence-electron chi connectivity index (χ3n) is 1.70. The Balaban J connectivity index is 4.16. The third kappa shape index (κ3) is 2.31. The second kappa shape index (κ2) is 4.15. The van der Waals surface area contributed by atoms with Crippen LogP contribution in [0.4, 0.5) is 17.6 Å². The van der Waals surface area contributed by atoms with Crippen molar-refractivity contribution < 1.29 is 43.5 Å². The second-order valence-corrected chi connectivity index (χ2v) is 5.58. The summed E-state index contributed by atoms with van der Waals surface area (Å²) < 4.78 is 111. The lowest BCUT2D eigenvalue weighted by Crippen LogP contribution is -2.16. The predicted octanol–water partition coefficient (Wildman–Crippen LogP) is 0.736. The maximum atomic E-state index is 13.0. The van der Waals surface area contributed by atoms with Crippen molar-refractivity contribution in [3.63, 3.8) is 0 Å². The summed E-state index contributed by atoms with van der Waals surface area (Å²) in [5, 5.41) is 0. The third-order valence-corrected chi connectivity index (χ3v) is 3.63. The van der Waals surface area contributed by atoms with Crippen LogP contribution in [0.5, 0.6) is 0 Å². The van der Waals surface area contributed by atoms with Gasteiger partial charge in [-0.15, -0.1) is 0 Å². The summed E-state index contributed by atoms with van der Waals surface area (Å²) in [4.78, 5) is -4.83. The topological polar surface area (TPSA) is 109 Å². The second-order valence-electron chi connectivity index (χ2n) is 2.86. The standard InChI is InChI=1S/C6H2F4O6S2/c7-1-2(8)4(10)6(18(14,15)16)5(3(1)9)17(11,12)13/h(H,11,12,13)(H,14,15,16). The zero-order valence-corrected chi connectivity index (χ0v) is 9.49. The highest BCUT2D eigenvalue weighted by atomic mass is 32.2. The molecule has 0 radical (unpaired) electrons. The summed E-state index contributed by atoms with van der Waals surface area (Å²) in [6.45, 7) is 0. The maximum Gasteiger partial charge on any atom is 0.299 e. The first-order valence-corrected chi connectivity index (χ1v) is 6.58. The molecule has 0 saturated heterocycles. The van der Waals surface area contributed by atoms with Crippen LogP contribution in [-0.2, 0) is 20.2 Å². The molecule has 0 bridgehead atoms. The monoisotopic (exact) mass is 310 g/mol. The molecule has 0 heterocycles. The number of hydrogen-bond donors (Lipinski definition) is 2. The van der Waals surface area contributed by atoms with Crippen molar-refractivity contribution in [3.05, 3.63) is 23.3 Å². The summed E-state index contributed by atoms with van der Waals surface area (Å²) in [5.41, 5.74) is 0. The molecule has 18 heavy (non-hydrogen) atoms. The molecule has 0 fully saturated rings. The van der Waals surface area contributed by atoms with Crippen LogP contribution in [-0.4, -0.2) is 25.9 Å². The fourth-order valence-corrected chi connectivity index (χ4v) is 2.96. The molecule has 0 aliphatic carbocycles. The van der Waals surface area contributed by atoms with Crippen LogP contribution < -0.4 is 0 Å². The molecule has 2 N–H and O–H groups in total. The van der Waals surface area contributed by atoms with Gasteiger partial charge in [-0.1, -0.05) is 0 Å². The Kier molecular flexibility index (Phi) is 3.42. The van der Waals surface area contributed by atoms with E-state index in [4.69, 9.17) is 9.11 Å². The van der Waals surface area contributed by atoms with Crippen molar-refractivity contribution in [2.45, 2.75) is 9.79 Å². The smallest absolute Gasteiger partial charge is 0.282 e. The molecular weight excluding hydrogens is 308 g/mol. The molecule has 0 amide bonds. The molecule has 0 atom stereocenters. The van der Waals surface area contributed by atoms with E-state index in [9.17, 15) is 34.4 Å². The first-order valence-electron chi connectivity index (χ1n) is 3.70. The van der Waals surface area contributed by atoms with E-state index in [2.05, 4.69) is 0 Å². The molecule has 0 spiro atoms. The van der Waals surface area contributed by atoms with E-state index in [-0.39, 0.29) is 0 Å². The van der Waals surface area contributed by atoms with Crippen LogP contribution in [0, 0.1) is 23.3 Å². The van der Waals surface area contributed by atoms with Crippen molar-refractivity contribution in [2.24, 2.45) is 0 Å². The molecule has 0 aliphatic heterocycles. The quantitative estimate of drug-likeness (QED) is 0.361. The summed E-state index contributed by atoms with van der Waals surface area (Å²) in [7, 11) is -11.5. The Morgan fingerprint density at radius 3 is 1.00 bits per heavy atom. The Labute approximate surface area is 97.4 Å². The van der Waals surface area contributed by atoms with Gasteiger partial charge in [0.15, 0.2) is 33.1 Å². The average Bonchev–Trinajstić information content (AvgIpc) is 2.16. The number of halogens is 4. The molecule has 0 aromatic heterocycles. The molecule has 0 aliphatic rings. The molecule has 1 aromatic rings. The van der Waals surface area contributed by atoms with Gasteiger partial charge in [0.25, 0.3) is 20.2 Å². The van der Waals surface area contributed by atoms with Gasteiger partial charge in [0.05, 0.1) is 0 Å². The van der Waals surface area contributed by atoms with Crippen molar-refractivity contribution in [2.75, 3.05) is 0 Å². The maximum absolute atomic E-state index is 13.0. The molecule has 0 saturated carbocycles. The van der Waals surface area contributed by atoms with Gasteiger partial charge in [-0.25, -0.2) is 17.6 Å². The van der Waals surface area contributed by atoms with Gasteiger partial charge in [-0.2, -0.15) is 16.8 Å². The van der Waals surface area contributed by atoms with Gasteiger partial charge >= 0.3 is 0 Å². The average molecular weight is 310 g/mol. The Bertz CT molecular complexity index is 660. The molecule has 102 valence electrons. The zero-order valence-electron chi connectivity index (χ0n) is 7.86. The summed E-state index contributed by atoms with van der Waals surface area (Å²) in [5.74, 6) is -10.7. The highest BCUT2D eigenvalue weighted by Gasteiger charge is 2.37. The van der Waals surface area contributed by atoms with E-state index in [1.54, 1.807) is 0 Å². The van der Waals surface area contributed by atoms with Gasteiger partial charge < -0.3 is 0 Å². The number of hydrogen-bond acceptors (Lipinski definition) is 4. The van der Waals surface area contributed by atoms with E-state index in [0.717, 1.165) is 0 Å². The largest absolute Gasteiger partial charge is 0.299 e. The predicted molar refractivity (Wildman–Crippen MR) is 45.9 cm³/mol. The Morgan fingerprint density at radius 2 is 0.833 bits per heavy atom. The van der Waals surface area contributed by atoms with Crippen LogP contribution in [0.2, 0.25) is 0 Å². The molecule has 6 nitrogen and oxygen atoms in total. The minimum absolute atomic E-state index is 2.42. The molecular formula is C6H2F4O6S2. The fraction of sp³-hybridized carbons (Fsp3) is 0. The van der Waals surface area contributed by atoms with Crippen LogP contribution in [0.1, 0.15) is 0 Å². The van der Waals surface area contributed by atoms with E-state index in [1.807, 2.05) is 0 Å². The lowest BCUT2D eigenvalue weighted by molar-refractivity contribution is 0.367. The lowest BCUT2D eigenvalue weighted by atomic mass is 10.3. The van der Waals surface area contributed by atoms with Gasteiger partial charge in [0.1, 0.15) is 0 Å². The molecule has 0 unspecified atom stereocenters. The number of rotatable bonds is 2. The van der Waals surface area contributed by atoms with Crippen molar-refractivity contribution in [1.82, 2.24) is 0 Å². The zero-order chi connectivity index (χ0) is 14.5. The van der Waals surface area contributed by atoms with E-state index in [1.165, 1.54) is 0 Å². The minimum atomic E-state index is -5.77. The highest BCUT2D eigenvalue weighted by molar-refractivity contribution is 7.89. The SMILES string of the molecule is O=S(=O)(O)c1c(F)c(F)c(F)c(F)c1S(=O)(=O)O. The van der Waals surface area contributed by atoms with Crippen LogP contribution in [0.25, 0.3) is 0 Å². The van der Waals surface area contributed by atoms with Gasteiger partial charge in [-0.3, -0.25) is 9.11 Å². The van der Waals surface area contributed by atoms with Crippen molar-refractivity contribution in [3.8, 4) is 0 Å². The van der Waals surface area contributed by atoms with E-state index < -0.39 is 53.3 Å². The van der Waals surface area contributed by atoms with Gasteiger partial charge in [-0.05, 0) is 0 Å². The first kappa shape index (κ1) is 14.8. The van der Waals surface area contributed by atoms with Gasteiger partial charge in [0, 0.05) is 0 Å². The lowest BCUT2D eigenvalue weighted by Gasteiger charge is -2.08. The molecule has 1 rings (SSSR count). The van der Waals surface area contributed by atoms with Crippen molar-refractivity contribution in [1.29, 1.82) is 0 Å². The number of benzene rings is 1.